The van der Waals surface area contributed by atoms with Crippen LogP contribution in [0.5, 0.6) is 0 Å². The molecule has 0 amide bonds. The summed E-state index contributed by atoms with van der Waals surface area (Å²) >= 11 is 0. The number of nitriles is 1. The monoisotopic (exact) mass is 217 g/mol. The molecule has 0 saturated heterocycles. The molecule has 4 heteroatoms. The zero-order valence-corrected chi connectivity index (χ0v) is 9.36. The molecule has 1 aliphatic heterocycles. The number of rotatable bonds is 3. The topological polar surface area (TPSA) is 48.3 Å². The average molecular weight is 217 g/mol. The number of benzene rings is 1. The van der Waals surface area contributed by atoms with Crippen LogP contribution in [0.2, 0.25) is 0 Å². The molecule has 0 aliphatic carbocycles. The van der Waals surface area contributed by atoms with Crippen molar-refractivity contribution >= 4 is 11.4 Å². The van der Waals surface area contributed by atoms with Gasteiger partial charge in [0, 0.05) is 26.7 Å². The number of hydrogen-bond donors (Lipinski definition) is 1. The van der Waals surface area contributed by atoms with Gasteiger partial charge in [-0.1, -0.05) is 0 Å². The van der Waals surface area contributed by atoms with Crippen molar-refractivity contribution in [3.8, 4) is 6.07 Å². The molecular formula is C12H15N3O. The van der Waals surface area contributed by atoms with Gasteiger partial charge >= 0.3 is 0 Å². The summed E-state index contributed by atoms with van der Waals surface area (Å²) in [6, 6.07) is 7.90. The lowest BCUT2D eigenvalue weighted by molar-refractivity contribution is 0.205. The summed E-state index contributed by atoms with van der Waals surface area (Å²) in [4.78, 5) is 2.27. The molecule has 1 heterocycles. The van der Waals surface area contributed by atoms with Crippen molar-refractivity contribution in [2.45, 2.75) is 0 Å². The largest absolute Gasteiger partial charge is 0.383 e. The highest BCUT2D eigenvalue weighted by atomic mass is 16.5. The lowest BCUT2D eigenvalue weighted by Crippen LogP contribution is -2.36. The Bertz CT molecular complexity index is 411. The quantitative estimate of drug-likeness (QED) is 0.832. The zero-order chi connectivity index (χ0) is 11.4. The Labute approximate surface area is 95.4 Å². The molecule has 1 aliphatic rings. The van der Waals surface area contributed by atoms with Gasteiger partial charge in [0.2, 0.25) is 0 Å². The van der Waals surface area contributed by atoms with E-state index >= 15 is 0 Å². The fraction of sp³-hybridized carbons (Fsp3) is 0.417. The number of ether oxygens (including phenoxy) is 1. The molecule has 0 bridgehead atoms. The van der Waals surface area contributed by atoms with Crippen molar-refractivity contribution in [1.29, 1.82) is 5.26 Å². The molecular weight excluding hydrogens is 202 g/mol. The first-order valence-electron chi connectivity index (χ1n) is 5.37. The second-order valence-electron chi connectivity index (χ2n) is 3.75. The first kappa shape index (κ1) is 10.8. The molecule has 84 valence electrons. The van der Waals surface area contributed by atoms with E-state index in [1.54, 1.807) is 7.11 Å². The van der Waals surface area contributed by atoms with Crippen molar-refractivity contribution in [2.24, 2.45) is 0 Å². The third-order valence-corrected chi connectivity index (χ3v) is 2.73. The van der Waals surface area contributed by atoms with Gasteiger partial charge < -0.3 is 15.0 Å². The van der Waals surface area contributed by atoms with E-state index in [0.29, 0.717) is 5.56 Å². The Balaban J connectivity index is 2.22. The molecule has 4 nitrogen and oxygen atoms in total. The zero-order valence-electron chi connectivity index (χ0n) is 9.36. The van der Waals surface area contributed by atoms with Crippen LogP contribution in [0.3, 0.4) is 0 Å². The molecule has 1 aromatic rings. The van der Waals surface area contributed by atoms with E-state index in [1.165, 1.54) is 0 Å². The van der Waals surface area contributed by atoms with Crippen molar-refractivity contribution in [3.63, 3.8) is 0 Å². The van der Waals surface area contributed by atoms with Crippen molar-refractivity contribution in [3.05, 3.63) is 23.8 Å². The number of nitrogens with one attached hydrogen (secondary N) is 1. The van der Waals surface area contributed by atoms with E-state index in [-0.39, 0.29) is 0 Å². The Morgan fingerprint density at radius 3 is 3.19 bits per heavy atom. The van der Waals surface area contributed by atoms with Crippen LogP contribution in [-0.4, -0.2) is 33.4 Å². The van der Waals surface area contributed by atoms with Crippen LogP contribution in [-0.2, 0) is 4.74 Å². The van der Waals surface area contributed by atoms with Crippen molar-refractivity contribution in [2.75, 3.05) is 43.6 Å². The molecule has 0 fully saturated rings. The number of anilines is 2. The number of methoxy groups -OCH3 is 1. The molecule has 0 radical (unpaired) electrons. The highest BCUT2D eigenvalue weighted by Gasteiger charge is 2.15. The summed E-state index contributed by atoms with van der Waals surface area (Å²) < 4.78 is 5.09. The van der Waals surface area contributed by atoms with E-state index in [9.17, 15) is 0 Å². The van der Waals surface area contributed by atoms with Gasteiger partial charge in [-0.2, -0.15) is 5.26 Å². The molecule has 2 rings (SSSR count). The van der Waals surface area contributed by atoms with Crippen molar-refractivity contribution in [1.82, 2.24) is 0 Å². The lowest BCUT2D eigenvalue weighted by Gasteiger charge is -2.31. The fourth-order valence-electron chi connectivity index (χ4n) is 1.90. The van der Waals surface area contributed by atoms with E-state index in [2.05, 4.69) is 16.3 Å². The minimum absolute atomic E-state index is 0.694. The fourth-order valence-corrected chi connectivity index (χ4v) is 1.90. The summed E-state index contributed by atoms with van der Waals surface area (Å²) in [7, 11) is 1.71. The normalized spacial score (nSPS) is 13.9. The Kier molecular flexibility index (Phi) is 3.28. The molecule has 0 spiro atoms. The average Bonchev–Trinajstić information content (AvgIpc) is 2.35. The van der Waals surface area contributed by atoms with E-state index in [4.69, 9.17) is 10.00 Å². The van der Waals surface area contributed by atoms with Gasteiger partial charge in [0.25, 0.3) is 0 Å². The van der Waals surface area contributed by atoms with Gasteiger partial charge in [-0.25, -0.2) is 0 Å². The Hall–Kier alpha value is -1.73. The minimum atomic E-state index is 0.694. The number of hydrogen-bond acceptors (Lipinski definition) is 4. The van der Waals surface area contributed by atoms with Crippen LogP contribution in [0.1, 0.15) is 5.56 Å². The molecule has 1 aromatic carbocycles. The maximum Gasteiger partial charge on any atom is 0.0992 e. The van der Waals surface area contributed by atoms with E-state index < -0.39 is 0 Å². The van der Waals surface area contributed by atoms with Crippen LogP contribution in [0.15, 0.2) is 18.2 Å². The number of fused-ring (bicyclic) bond motifs is 1. The first-order valence-corrected chi connectivity index (χ1v) is 5.37. The predicted molar refractivity (Wildman–Crippen MR) is 63.7 cm³/mol. The van der Waals surface area contributed by atoms with Crippen LogP contribution in [0.4, 0.5) is 11.4 Å². The summed E-state index contributed by atoms with van der Waals surface area (Å²) in [5.74, 6) is 0. The summed E-state index contributed by atoms with van der Waals surface area (Å²) in [6.45, 7) is 3.49. The van der Waals surface area contributed by atoms with Gasteiger partial charge in [-0.05, 0) is 18.2 Å². The number of nitrogens with zero attached hydrogens (tertiary/aromatic N) is 2. The minimum Gasteiger partial charge on any atom is -0.383 e. The Morgan fingerprint density at radius 1 is 1.56 bits per heavy atom. The van der Waals surface area contributed by atoms with Crippen LogP contribution >= 0.6 is 0 Å². The second-order valence-corrected chi connectivity index (χ2v) is 3.75. The van der Waals surface area contributed by atoms with E-state index in [1.807, 2.05) is 18.2 Å². The third kappa shape index (κ3) is 2.10. The van der Waals surface area contributed by atoms with Gasteiger partial charge in [0.1, 0.15) is 0 Å². The summed E-state index contributed by atoms with van der Waals surface area (Å²) in [5, 5.41) is 12.1. The highest BCUT2D eigenvalue weighted by Crippen LogP contribution is 2.29. The van der Waals surface area contributed by atoms with Gasteiger partial charge in [0.05, 0.1) is 29.6 Å². The standard InChI is InChI=1S/C12H15N3O/c1-16-7-6-15-5-4-14-11-8-10(9-13)2-3-12(11)15/h2-3,8,14H,4-7H2,1H3. The molecule has 0 aromatic heterocycles. The molecule has 1 N–H and O–H groups in total. The Morgan fingerprint density at radius 2 is 2.44 bits per heavy atom. The van der Waals surface area contributed by atoms with Crippen LogP contribution in [0, 0.1) is 11.3 Å². The van der Waals surface area contributed by atoms with E-state index in [0.717, 1.165) is 37.6 Å². The first-order chi connectivity index (χ1) is 7.85. The molecule has 0 atom stereocenters. The molecule has 0 saturated carbocycles. The summed E-state index contributed by atoms with van der Waals surface area (Å²) in [6.07, 6.45) is 0. The van der Waals surface area contributed by atoms with Crippen LogP contribution in [0.25, 0.3) is 0 Å². The summed E-state index contributed by atoms with van der Waals surface area (Å²) in [5.41, 5.74) is 2.89. The molecule has 0 unspecified atom stereocenters. The van der Waals surface area contributed by atoms with Gasteiger partial charge in [-0.3, -0.25) is 0 Å². The van der Waals surface area contributed by atoms with Crippen LogP contribution < -0.4 is 10.2 Å². The smallest absolute Gasteiger partial charge is 0.0992 e. The highest BCUT2D eigenvalue weighted by molar-refractivity contribution is 5.73. The van der Waals surface area contributed by atoms with Gasteiger partial charge in [-0.15, -0.1) is 0 Å². The van der Waals surface area contributed by atoms with Gasteiger partial charge in [0.15, 0.2) is 0 Å². The van der Waals surface area contributed by atoms with Crippen molar-refractivity contribution < 1.29 is 4.74 Å². The maximum absolute atomic E-state index is 8.84. The predicted octanol–water partition coefficient (Wildman–Crippen LogP) is 1.44. The SMILES string of the molecule is COCCN1CCNc2cc(C#N)ccc21. The third-order valence-electron chi connectivity index (χ3n) is 2.73. The molecule has 16 heavy (non-hydrogen) atoms. The lowest BCUT2D eigenvalue weighted by atomic mass is 10.1. The maximum atomic E-state index is 8.84. The second kappa shape index (κ2) is 4.86.